The van der Waals surface area contributed by atoms with Crippen molar-refractivity contribution in [2.24, 2.45) is 5.92 Å². The van der Waals surface area contributed by atoms with Gasteiger partial charge in [0.15, 0.2) is 0 Å². The molecule has 0 spiro atoms. The predicted octanol–water partition coefficient (Wildman–Crippen LogP) is 2.96. The van der Waals surface area contributed by atoms with Crippen LogP contribution < -0.4 is 5.56 Å². The maximum Gasteiger partial charge on any atom is 0.254 e. The van der Waals surface area contributed by atoms with Crippen molar-refractivity contribution in [3.8, 4) is 0 Å². The fourth-order valence-corrected chi connectivity index (χ4v) is 4.42. The highest BCUT2D eigenvalue weighted by molar-refractivity contribution is 7.12. The summed E-state index contributed by atoms with van der Waals surface area (Å²) in [5.41, 5.74) is 3.37. The number of aromatic amines is 1. The highest BCUT2D eigenvalue weighted by Gasteiger charge is 2.25. The number of nitrogens with one attached hydrogen (secondary N) is 1. The van der Waals surface area contributed by atoms with Crippen molar-refractivity contribution >= 4 is 11.3 Å². The zero-order valence-electron chi connectivity index (χ0n) is 13.8. The van der Waals surface area contributed by atoms with E-state index in [9.17, 15) is 4.79 Å². The number of nitrogens with zero attached hydrogens (tertiary/aromatic N) is 2. The average Bonchev–Trinajstić information content (AvgIpc) is 3.24. The molecule has 0 radical (unpaired) electrons. The van der Waals surface area contributed by atoms with Gasteiger partial charge >= 0.3 is 0 Å². The number of fused-ring (bicyclic) bond motifs is 1. The molecule has 0 atom stereocenters. The van der Waals surface area contributed by atoms with E-state index in [1.54, 1.807) is 0 Å². The van der Waals surface area contributed by atoms with Crippen LogP contribution in [0, 0.1) is 19.8 Å². The van der Waals surface area contributed by atoms with Crippen LogP contribution in [0.15, 0.2) is 10.9 Å². The average molecular weight is 329 g/mol. The molecule has 4 rings (SSSR count). The minimum atomic E-state index is 0.0908. The Kier molecular flexibility index (Phi) is 3.85. The zero-order valence-corrected chi connectivity index (χ0v) is 14.6. The van der Waals surface area contributed by atoms with Crippen LogP contribution in [0.1, 0.15) is 45.2 Å². The summed E-state index contributed by atoms with van der Waals surface area (Å²) in [7, 11) is 0. The van der Waals surface area contributed by atoms with Gasteiger partial charge in [-0.3, -0.25) is 9.69 Å². The van der Waals surface area contributed by atoms with Gasteiger partial charge in [0.05, 0.1) is 5.69 Å². The van der Waals surface area contributed by atoms with Crippen molar-refractivity contribution in [1.29, 1.82) is 0 Å². The van der Waals surface area contributed by atoms with Crippen molar-refractivity contribution in [2.75, 3.05) is 6.54 Å². The molecule has 2 aromatic rings. The number of aryl methyl sites for hydroxylation is 2. The van der Waals surface area contributed by atoms with E-state index in [0.29, 0.717) is 0 Å². The number of rotatable bonds is 4. The minimum Gasteiger partial charge on any atom is -0.310 e. The van der Waals surface area contributed by atoms with Gasteiger partial charge in [0, 0.05) is 41.4 Å². The summed E-state index contributed by atoms with van der Waals surface area (Å²) in [5, 5.41) is 0. The molecule has 0 bridgehead atoms. The van der Waals surface area contributed by atoms with Crippen LogP contribution in [-0.4, -0.2) is 21.4 Å². The fraction of sp³-hybridized carbons (Fsp3) is 0.556. The Morgan fingerprint density at radius 1 is 1.39 bits per heavy atom. The molecule has 1 fully saturated rings. The van der Waals surface area contributed by atoms with Crippen molar-refractivity contribution in [3.63, 3.8) is 0 Å². The van der Waals surface area contributed by atoms with E-state index in [0.717, 1.165) is 55.5 Å². The second-order valence-corrected chi connectivity index (χ2v) is 8.34. The number of thiophene rings is 1. The molecule has 1 N–H and O–H groups in total. The Bertz CT molecular complexity index is 769. The molecule has 3 heterocycles. The lowest BCUT2D eigenvalue weighted by molar-refractivity contribution is 0.242. The van der Waals surface area contributed by atoms with E-state index >= 15 is 0 Å². The number of H-pyrrole nitrogens is 1. The van der Waals surface area contributed by atoms with E-state index in [1.165, 1.54) is 28.2 Å². The second-order valence-electron chi connectivity index (χ2n) is 7.00. The summed E-state index contributed by atoms with van der Waals surface area (Å²) in [6, 6.07) is 2.29. The van der Waals surface area contributed by atoms with Crippen LogP contribution in [0.2, 0.25) is 0 Å². The topological polar surface area (TPSA) is 49.0 Å². The van der Waals surface area contributed by atoms with Crippen molar-refractivity contribution in [2.45, 2.75) is 52.6 Å². The van der Waals surface area contributed by atoms with Crippen LogP contribution in [0.5, 0.6) is 0 Å². The van der Waals surface area contributed by atoms with Gasteiger partial charge in [-0.1, -0.05) is 0 Å². The molecule has 2 aromatic heterocycles. The Morgan fingerprint density at radius 3 is 2.91 bits per heavy atom. The summed E-state index contributed by atoms with van der Waals surface area (Å²) in [6.45, 7) is 7.06. The van der Waals surface area contributed by atoms with Crippen LogP contribution >= 0.6 is 11.3 Å². The molecule has 1 saturated carbocycles. The predicted molar refractivity (Wildman–Crippen MR) is 92.9 cm³/mol. The summed E-state index contributed by atoms with van der Waals surface area (Å²) < 4.78 is 0. The first kappa shape index (κ1) is 15.1. The summed E-state index contributed by atoms with van der Waals surface area (Å²) >= 11 is 1.88. The maximum atomic E-state index is 12.3. The molecule has 1 aliphatic heterocycles. The van der Waals surface area contributed by atoms with Gasteiger partial charge in [0.1, 0.15) is 5.82 Å². The third-order valence-corrected chi connectivity index (χ3v) is 6.11. The standard InChI is InChI=1S/C18H23N3OS/c1-11-7-14(23-12(11)2)9-21-6-5-15-16(10-21)19-17(20-18(15)22)8-13-3-4-13/h7,13H,3-6,8-10H2,1-2H3,(H,19,20,22). The first-order valence-corrected chi connectivity index (χ1v) is 9.29. The van der Waals surface area contributed by atoms with Gasteiger partial charge in [-0.25, -0.2) is 4.98 Å². The minimum absolute atomic E-state index is 0.0908. The van der Waals surface area contributed by atoms with Crippen molar-refractivity contribution in [1.82, 2.24) is 14.9 Å². The molecule has 0 amide bonds. The number of aromatic nitrogens is 2. The van der Waals surface area contributed by atoms with Crippen LogP contribution in [0.25, 0.3) is 0 Å². The van der Waals surface area contributed by atoms with Gasteiger partial charge < -0.3 is 4.98 Å². The molecular formula is C18H23N3OS. The first-order chi connectivity index (χ1) is 11.1. The second kappa shape index (κ2) is 5.87. The Labute approximate surface area is 140 Å². The molecule has 5 heteroatoms. The Balaban J connectivity index is 1.52. The lowest BCUT2D eigenvalue weighted by Gasteiger charge is -2.27. The van der Waals surface area contributed by atoms with E-state index in [1.807, 2.05) is 11.3 Å². The van der Waals surface area contributed by atoms with Gasteiger partial charge in [-0.2, -0.15) is 0 Å². The van der Waals surface area contributed by atoms with Crippen molar-refractivity contribution < 1.29 is 0 Å². The molecule has 0 saturated heterocycles. The largest absolute Gasteiger partial charge is 0.310 e. The molecule has 4 nitrogen and oxygen atoms in total. The third kappa shape index (κ3) is 3.26. The van der Waals surface area contributed by atoms with Crippen LogP contribution in [0.3, 0.4) is 0 Å². The van der Waals surface area contributed by atoms with E-state index in [-0.39, 0.29) is 5.56 Å². The highest BCUT2D eigenvalue weighted by Crippen LogP contribution is 2.31. The number of hydrogen-bond acceptors (Lipinski definition) is 4. The summed E-state index contributed by atoms with van der Waals surface area (Å²) in [6.07, 6.45) is 4.31. The Morgan fingerprint density at radius 2 is 2.22 bits per heavy atom. The molecular weight excluding hydrogens is 306 g/mol. The normalized spacial score (nSPS) is 18.2. The monoisotopic (exact) mass is 329 g/mol. The maximum absolute atomic E-state index is 12.3. The number of hydrogen-bond donors (Lipinski definition) is 1. The summed E-state index contributed by atoms with van der Waals surface area (Å²) in [5.74, 6) is 1.63. The third-order valence-electron chi connectivity index (χ3n) is 4.98. The molecule has 1 aliphatic carbocycles. The quantitative estimate of drug-likeness (QED) is 0.938. The van der Waals surface area contributed by atoms with E-state index in [4.69, 9.17) is 4.98 Å². The van der Waals surface area contributed by atoms with Crippen LogP contribution in [0.4, 0.5) is 0 Å². The lowest BCUT2D eigenvalue weighted by Crippen LogP contribution is -2.35. The Hall–Kier alpha value is -1.46. The zero-order chi connectivity index (χ0) is 16.0. The SMILES string of the molecule is Cc1cc(CN2CCc3c(nc(CC4CC4)[nH]c3=O)C2)sc1C. The van der Waals surface area contributed by atoms with Crippen molar-refractivity contribution in [3.05, 3.63) is 48.8 Å². The molecule has 0 aromatic carbocycles. The highest BCUT2D eigenvalue weighted by atomic mass is 32.1. The van der Waals surface area contributed by atoms with E-state index < -0.39 is 0 Å². The fourth-order valence-electron chi connectivity index (χ4n) is 3.32. The van der Waals surface area contributed by atoms with Gasteiger partial charge in [-0.15, -0.1) is 11.3 Å². The lowest BCUT2D eigenvalue weighted by atomic mass is 10.1. The smallest absolute Gasteiger partial charge is 0.254 e. The van der Waals surface area contributed by atoms with E-state index in [2.05, 4.69) is 29.8 Å². The molecule has 0 unspecified atom stereocenters. The molecule has 122 valence electrons. The van der Waals surface area contributed by atoms with Gasteiger partial charge in [-0.05, 0) is 50.7 Å². The molecule has 23 heavy (non-hydrogen) atoms. The molecule has 2 aliphatic rings. The van der Waals surface area contributed by atoms with Gasteiger partial charge in [0.25, 0.3) is 5.56 Å². The first-order valence-electron chi connectivity index (χ1n) is 8.47. The van der Waals surface area contributed by atoms with Gasteiger partial charge in [0.2, 0.25) is 0 Å². The summed E-state index contributed by atoms with van der Waals surface area (Å²) in [4.78, 5) is 25.3. The van der Waals surface area contributed by atoms with Crippen LogP contribution in [-0.2, 0) is 25.9 Å².